The maximum Gasteiger partial charge on any atom is 0.341 e. The Kier molecular flexibility index (Phi) is 5.57. The Balaban J connectivity index is 1.85. The first-order chi connectivity index (χ1) is 14.7. The lowest BCUT2D eigenvalue weighted by atomic mass is 9.95. The largest absolute Gasteiger partial charge is 0.465 e. The maximum absolute atomic E-state index is 12.7. The summed E-state index contributed by atoms with van der Waals surface area (Å²) in [5.74, 6) is -1.29. The molecule has 2 amide bonds. The third kappa shape index (κ3) is 3.51. The van der Waals surface area contributed by atoms with Gasteiger partial charge in [0.1, 0.15) is 10.6 Å². The van der Waals surface area contributed by atoms with Gasteiger partial charge in [0, 0.05) is 23.3 Å². The summed E-state index contributed by atoms with van der Waals surface area (Å²) < 4.78 is 7.12. The highest BCUT2D eigenvalue weighted by Crippen LogP contribution is 2.39. The average molecular weight is 458 g/mol. The van der Waals surface area contributed by atoms with Gasteiger partial charge in [0.05, 0.1) is 12.7 Å². The number of ether oxygens (including phenoxy) is 1. The van der Waals surface area contributed by atoms with Gasteiger partial charge < -0.3 is 9.30 Å². The number of likely N-dealkylation sites (N-methyl/N-ethyl adjacent to an activating group) is 1. The van der Waals surface area contributed by atoms with E-state index in [-0.39, 0.29) is 16.7 Å². The van der Waals surface area contributed by atoms with E-state index in [1.165, 1.54) is 23.9 Å². The summed E-state index contributed by atoms with van der Waals surface area (Å²) in [6.45, 7) is 3.86. The van der Waals surface area contributed by atoms with Crippen molar-refractivity contribution in [3.63, 3.8) is 0 Å². The molecule has 0 bridgehead atoms. The number of thiophene rings is 1. The number of aromatic nitrogens is 1. The van der Waals surface area contributed by atoms with Gasteiger partial charge in [-0.3, -0.25) is 19.8 Å². The second-order valence-electron chi connectivity index (χ2n) is 7.73. The van der Waals surface area contributed by atoms with Gasteiger partial charge in [-0.1, -0.05) is 0 Å². The molecule has 31 heavy (non-hydrogen) atoms. The molecule has 2 aromatic heterocycles. The van der Waals surface area contributed by atoms with E-state index < -0.39 is 11.8 Å². The standard InChI is InChI=1S/C22H23N3O4S2/c1-11-9-13(10-15-18(26)23-22(30)24(3)19(15)27)12(2)25(11)20-17(21(28)29-4)14-7-5-6-8-16(14)31-20/h9-10H,5-8H2,1-4H3,(H,23,26,30)/b15-10-. The zero-order valence-electron chi connectivity index (χ0n) is 17.8. The van der Waals surface area contributed by atoms with Crippen molar-refractivity contribution in [2.45, 2.75) is 39.5 Å². The molecule has 1 aliphatic heterocycles. The fourth-order valence-corrected chi connectivity index (χ4v) is 5.83. The van der Waals surface area contributed by atoms with Crippen LogP contribution in [0.15, 0.2) is 11.6 Å². The van der Waals surface area contributed by atoms with Crippen LogP contribution in [0.4, 0.5) is 0 Å². The van der Waals surface area contributed by atoms with E-state index in [2.05, 4.69) is 5.32 Å². The topological polar surface area (TPSA) is 80.6 Å². The Labute approximate surface area is 189 Å². The van der Waals surface area contributed by atoms with Gasteiger partial charge in [-0.2, -0.15) is 0 Å². The number of esters is 1. The van der Waals surface area contributed by atoms with Gasteiger partial charge in [0.25, 0.3) is 11.8 Å². The van der Waals surface area contributed by atoms with E-state index in [9.17, 15) is 14.4 Å². The molecule has 2 aromatic rings. The van der Waals surface area contributed by atoms with Crippen LogP contribution >= 0.6 is 23.6 Å². The lowest BCUT2D eigenvalue weighted by Crippen LogP contribution is -2.52. The summed E-state index contributed by atoms with van der Waals surface area (Å²) >= 11 is 6.62. The van der Waals surface area contributed by atoms with Crippen LogP contribution in [-0.2, 0) is 27.2 Å². The van der Waals surface area contributed by atoms with Crippen molar-refractivity contribution in [3.05, 3.63) is 44.6 Å². The van der Waals surface area contributed by atoms with E-state index in [0.717, 1.165) is 53.2 Å². The number of thiocarbonyl (C=S) groups is 1. The summed E-state index contributed by atoms with van der Waals surface area (Å²) in [6.07, 6.45) is 5.58. The molecule has 1 fully saturated rings. The molecule has 2 aliphatic rings. The molecule has 0 spiro atoms. The highest BCUT2D eigenvalue weighted by molar-refractivity contribution is 7.80. The quantitative estimate of drug-likeness (QED) is 0.332. The van der Waals surface area contributed by atoms with Gasteiger partial charge in [0.2, 0.25) is 0 Å². The summed E-state index contributed by atoms with van der Waals surface area (Å²) in [5, 5.41) is 3.45. The predicted molar refractivity (Wildman–Crippen MR) is 123 cm³/mol. The van der Waals surface area contributed by atoms with Crippen molar-refractivity contribution >= 4 is 52.5 Å². The second kappa shape index (κ2) is 8.05. The molecule has 0 aromatic carbocycles. The van der Waals surface area contributed by atoms with Crippen LogP contribution in [0.25, 0.3) is 11.1 Å². The van der Waals surface area contributed by atoms with E-state index >= 15 is 0 Å². The number of nitrogens with one attached hydrogen (secondary N) is 1. The van der Waals surface area contributed by atoms with Crippen molar-refractivity contribution < 1.29 is 19.1 Å². The van der Waals surface area contributed by atoms with Crippen LogP contribution in [0.1, 0.15) is 50.6 Å². The van der Waals surface area contributed by atoms with E-state index in [1.807, 2.05) is 24.5 Å². The Hall–Kier alpha value is -2.78. The molecule has 0 saturated carbocycles. The molecule has 0 radical (unpaired) electrons. The van der Waals surface area contributed by atoms with Gasteiger partial charge in [-0.05, 0) is 75.0 Å². The van der Waals surface area contributed by atoms with Crippen molar-refractivity contribution in [1.82, 2.24) is 14.8 Å². The number of aryl methyl sites for hydroxylation is 2. The molecular weight excluding hydrogens is 434 g/mol. The van der Waals surface area contributed by atoms with Crippen molar-refractivity contribution in [1.29, 1.82) is 0 Å². The average Bonchev–Trinajstić information content (AvgIpc) is 3.25. The minimum absolute atomic E-state index is 0.0232. The van der Waals surface area contributed by atoms with E-state index in [0.29, 0.717) is 5.56 Å². The molecule has 0 unspecified atom stereocenters. The minimum Gasteiger partial charge on any atom is -0.465 e. The number of amides is 2. The lowest BCUT2D eigenvalue weighted by molar-refractivity contribution is -0.128. The van der Waals surface area contributed by atoms with E-state index in [4.69, 9.17) is 17.0 Å². The van der Waals surface area contributed by atoms with Gasteiger partial charge in [-0.25, -0.2) is 4.79 Å². The van der Waals surface area contributed by atoms with Crippen LogP contribution in [0.5, 0.6) is 0 Å². The minimum atomic E-state index is -0.514. The fourth-order valence-electron chi connectivity index (χ4n) is 4.17. The number of hydrogen-bond donors (Lipinski definition) is 1. The highest BCUT2D eigenvalue weighted by atomic mass is 32.1. The zero-order valence-corrected chi connectivity index (χ0v) is 19.5. The Morgan fingerprint density at radius 2 is 1.97 bits per heavy atom. The monoisotopic (exact) mass is 457 g/mol. The summed E-state index contributed by atoms with van der Waals surface area (Å²) in [4.78, 5) is 40.1. The first kappa shape index (κ1) is 21.5. The normalized spacial score (nSPS) is 17.7. The second-order valence-corrected chi connectivity index (χ2v) is 9.20. The van der Waals surface area contributed by atoms with E-state index in [1.54, 1.807) is 17.4 Å². The molecule has 0 atom stereocenters. The molecule has 3 heterocycles. The SMILES string of the molecule is COC(=O)c1c(-n2c(C)cc(/C=C3/C(=O)NC(=S)N(C)C3=O)c2C)sc2c1CCCC2. The van der Waals surface area contributed by atoms with Crippen LogP contribution in [0, 0.1) is 13.8 Å². The lowest BCUT2D eigenvalue weighted by Gasteiger charge is -2.25. The summed E-state index contributed by atoms with van der Waals surface area (Å²) in [6, 6.07) is 1.91. The third-order valence-corrected chi connectivity index (χ3v) is 7.47. The van der Waals surface area contributed by atoms with Crippen molar-refractivity contribution in [3.8, 4) is 5.00 Å². The number of rotatable bonds is 3. The highest BCUT2D eigenvalue weighted by Gasteiger charge is 2.32. The third-order valence-electron chi connectivity index (χ3n) is 5.82. The van der Waals surface area contributed by atoms with Crippen LogP contribution in [-0.4, -0.2) is 46.5 Å². The molecular formula is C22H23N3O4S2. The molecule has 1 aliphatic carbocycles. The van der Waals surface area contributed by atoms with Gasteiger partial charge in [0.15, 0.2) is 5.11 Å². The molecule has 9 heteroatoms. The number of fused-ring (bicyclic) bond motifs is 1. The molecule has 7 nitrogen and oxygen atoms in total. The maximum atomic E-state index is 12.7. The zero-order chi connectivity index (χ0) is 22.4. The van der Waals surface area contributed by atoms with Crippen molar-refractivity contribution in [2.24, 2.45) is 0 Å². The summed E-state index contributed by atoms with van der Waals surface area (Å²) in [5.41, 5.74) is 4.21. The Bertz CT molecular complexity index is 1170. The Morgan fingerprint density at radius 1 is 1.26 bits per heavy atom. The fraction of sp³-hybridized carbons (Fsp3) is 0.364. The predicted octanol–water partition coefficient (Wildman–Crippen LogP) is 3.08. The Morgan fingerprint density at radius 3 is 2.68 bits per heavy atom. The number of hydrogen-bond acceptors (Lipinski definition) is 6. The number of carbonyl (C=O) groups excluding carboxylic acids is 3. The van der Waals surface area contributed by atoms with Gasteiger partial charge in [-0.15, -0.1) is 11.3 Å². The van der Waals surface area contributed by atoms with Gasteiger partial charge >= 0.3 is 5.97 Å². The number of nitrogens with zero attached hydrogens (tertiary/aromatic N) is 2. The number of carbonyl (C=O) groups is 3. The molecule has 1 saturated heterocycles. The molecule has 162 valence electrons. The molecule has 1 N–H and O–H groups in total. The smallest absolute Gasteiger partial charge is 0.341 e. The van der Waals surface area contributed by atoms with Crippen LogP contribution in [0.3, 0.4) is 0 Å². The van der Waals surface area contributed by atoms with Crippen molar-refractivity contribution in [2.75, 3.05) is 14.2 Å². The van der Waals surface area contributed by atoms with Crippen LogP contribution in [0.2, 0.25) is 0 Å². The first-order valence-corrected chi connectivity index (χ1v) is 11.2. The first-order valence-electron chi connectivity index (χ1n) is 10.0. The van der Waals surface area contributed by atoms with Crippen LogP contribution < -0.4 is 5.32 Å². The molecule has 4 rings (SSSR count). The number of methoxy groups -OCH3 is 1. The summed E-state index contributed by atoms with van der Waals surface area (Å²) in [7, 11) is 2.93.